The van der Waals surface area contributed by atoms with Gasteiger partial charge in [-0.15, -0.1) is 0 Å². The Morgan fingerprint density at radius 2 is 2.38 bits per heavy atom. The third-order valence-corrected chi connectivity index (χ3v) is 2.27. The second-order valence-corrected chi connectivity index (χ2v) is 3.21. The summed E-state index contributed by atoms with van der Waals surface area (Å²) < 4.78 is 5.16. The Kier molecular flexibility index (Phi) is 1.76. The summed E-state index contributed by atoms with van der Waals surface area (Å²) >= 11 is 0. The molecule has 4 nitrogen and oxygen atoms in total. The Balaban J connectivity index is 2.59. The quantitative estimate of drug-likeness (QED) is 0.703. The van der Waals surface area contributed by atoms with Crippen LogP contribution in [0.4, 0.5) is 11.4 Å². The summed E-state index contributed by atoms with van der Waals surface area (Å²) in [4.78, 5) is 6.34. The molecule has 2 rings (SSSR count). The van der Waals surface area contributed by atoms with Crippen LogP contribution in [0.15, 0.2) is 6.20 Å². The van der Waals surface area contributed by atoms with Gasteiger partial charge in [0.1, 0.15) is 5.69 Å². The molecule has 0 bridgehead atoms. The van der Waals surface area contributed by atoms with Crippen LogP contribution in [0.25, 0.3) is 0 Å². The summed E-state index contributed by atoms with van der Waals surface area (Å²) in [6, 6.07) is 0. The predicted molar refractivity (Wildman–Crippen MR) is 52.4 cm³/mol. The van der Waals surface area contributed by atoms with E-state index < -0.39 is 0 Å². The lowest BCUT2D eigenvalue weighted by atomic mass is 10.2. The normalized spacial score (nSPS) is 13.9. The second-order valence-electron chi connectivity index (χ2n) is 3.21. The van der Waals surface area contributed by atoms with Gasteiger partial charge >= 0.3 is 0 Å². The third-order valence-electron chi connectivity index (χ3n) is 2.27. The minimum Gasteiger partial charge on any atom is -0.479 e. The monoisotopic (exact) mass is 179 g/mol. The van der Waals surface area contributed by atoms with Gasteiger partial charge in [-0.2, -0.15) is 0 Å². The van der Waals surface area contributed by atoms with Crippen molar-refractivity contribution >= 4 is 11.4 Å². The van der Waals surface area contributed by atoms with Gasteiger partial charge in [-0.25, -0.2) is 4.98 Å². The maximum absolute atomic E-state index is 5.16. The van der Waals surface area contributed by atoms with Crippen LogP contribution in [0, 0.1) is 6.92 Å². The third kappa shape index (κ3) is 1.09. The lowest BCUT2D eigenvalue weighted by Gasteiger charge is -2.12. The van der Waals surface area contributed by atoms with Crippen molar-refractivity contribution < 1.29 is 4.74 Å². The van der Waals surface area contributed by atoms with Gasteiger partial charge in [-0.1, -0.05) is 0 Å². The Labute approximate surface area is 77.5 Å². The van der Waals surface area contributed by atoms with E-state index >= 15 is 0 Å². The standard InChI is InChI=1S/C9H13N3O/c1-6-4-10-9(13-3)7-8(6)12(2)5-11-7/h4,11H,5H2,1-3H3. The molecule has 1 N–H and O–H groups in total. The van der Waals surface area contributed by atoms with Crippen molar-refractivity contribution in [1.29, 1.82) is 0 Å². The predicted octanol–water partition coefficient (Wildman–Crippen LogP) is 1.22. The van der Waals surface area contributed by atoms with Crippen molar-refractivity contribution in [3.05, 3.63) is 11.8 Å². The molecule has 0 atom stereocenters. The summed E-state index contributed by atoms with van der Waals surface area (Å²) in [5.74, 6) is 0.671. The number of methoxy groups -OCH3 is 1. The van der Waals surface area contributed by atoms with Crippen molar-refractivity contribution in [2.75, 3.05) is 31.0 Å². The van der Waals surface area contributed by atoms with Crippen LogP contribution in [0.1, 0.15) is 5.56 Å². The van der Waals surface area contributed by atoms with Crippen LogP contribution in [0.2, 0.25) is 0 Å². The van der Waals surface area contributed by atoms with E-state index in [9.17, 15) is 0 Å². The van der Waals surface area contributed by atoms with Gasteiger partial charge in [-0.05, 0) is 12.5 Å². The van der Waals surface area contributed by atoms with Gasteiger partial charge < -0.3 is 15.0 Å². The molecule has 70 valence electrons. The molecule has 0 aliphatic carbocycles. The molecule has 0 unspecified atom stereocenters. The van der Waals surface area contributed by atoms with E-state index in [-0.39, 0.29) is 0 Å². The fraction of sp³-hybridized carbons (Fsp3) is 0.444. The highest BCUT2D eigenvalue weighted by atomic mass is 16.5. The number of ether oxygens (including phenoxy) is 1. The molecule has 0 saturated carbocycles. The summed E-state index contributed by atoms with van der Waals surface area (Å²) in [5.41, 5.74) is 3.36. The first kappa shape index (κ1) is 8.16. The zero-order valence-electron chi connectivity index (χ0n) is 8.09. The lowest BCUT2D eigenvalue weighted by Crippen LogP contribution is -2.16. The summed E-state index contributed by atoms with van der Waals surface area (Å²) in [6.07, 6.45) is 1.83. The Morgan fingerprint density at radius 1 is 1.62 bits per heavy atom. The molecule has 0 radical (unpaired) electrons. The van der Waals surface area contributed by atoms with Crippen molar-refractivity contribution in [3.8, 4) is 5.88 Å². The first-order chi connectivity index (χ1) is 6.24. The van der Waals surface area contributed by atoms with E-state index in [4.69, 9.17) is 4.74 Å². The number of nitrogens with zero attached hydrogens (tertiary/aromatic N) is 2. The van der Waals surface area contributed by atoms with Crippen LogP contribution in [-0.4, -0.2) is 25.8 Å². The second kappa shape index (κ2) is 2.80. The summed E-state index contributed by atoms with van der Waals surface area (Å²) in [7, 11) is 3.68. The number of nitrogens with one attached hydrogen (secondary N) is 1. The molecule has 1 aliphatic rings. The van der Waals surface area contributed by atoms with Crippen molar-refractivity contribution in [1.82, 2.24) is 4.98 Å². The lowest BCUT2D eigenvalue weighted by molar-refractivity contribution is 0.400. The van der Waals surface area contributed by atoms with Gasteiger partial charge in [-0.3, -0.25) is 0 Å². The zero-order chi connectivity index (χ0) is 9.42. The van der Waals surface area contributed by atoms with Gasteiger partial charge in [0.25, 0.3) is 0 Å². The molecule has 2 heterocycles. The van der Waals surface area contributed by atoms with Gasteiger partial charge in [0.05, 0.1) is 19.5 Å². The number of hydrogen-bond donors (Lipinski definition) is 1. The number of anilines is 2. The van der Waals surface area contributed by atoms with E-state index in [2.05, 4.69) is 22.1 Å². The van der Waals surface area contributed by atoms with Gasteiger partial charge in [0.2, 0.25) is 5.88 Å². The summed E-state index contributed by atoms with van der Waals surface area (Å²) in [5, 5.41) is 3.25. The fourth-order valence-electron chi connectivity index (χ4n) is 1.66. The maximum Gasteiger partial charge on any atom is 0.239 e. The van der Waals surface area contributed by atoms with Crippen LogP contribution in [0.5, 0.6) is 5.88 Å². The topological polar surface area (TPSA) is 37.4 Å². The average Bonchev–Trinajstić information content (AvgIpc) is 2.50. The highest BCUT2D eigenvalue weighted by Gasteiger charge is 2.21. The van der Waals surface area contributed by atoms with Crippen LogP contribution >= 0.6 is 0 Å². The molecule has 1 aliphatic heterocycles. The highest BCUT2D eigenvalue weighted by molar-refractivity contribution is 5.81. The van der Waals surface area contributed by atoms with E-state index in [1.807, 2.05) is 13.2 Å². The molecule has 4 heteroatoms. The van der Waals surface area contributed by atoms with Crippen LogP contribution in [0.3, 0.4) is 0 Å². The molecule has 0 saturated heterocycles. The van der Waals surface area contributed by atoms with Crippen molar-refractivity contribution in [2.45, 2.75) is 6.92 Å². The molecule has 0 spiro atoms. The van der Waals surface area contributed by atoms with Gasteiger partial charge in [0.15, 0.2) is 0 Å². The van der Waals surface area contributed by atoms with Gasteiger partial charge in [0, 0.05) is 13.2 Å². The maximum atomic E-state index is 5.16. The first-order valence-electron chi connectivity index (χ1n) is 4.22. The molecule has 13 heavy (non-hydrogen) atoms. The molecule has 0 amide bonds. The molecule has 0 aromatic carbocycles. The van der Waals surface area contributed by atoms with E-state index in [1.165, 1.54) is 11.3 Å². The number of hydrogen-bond acceptors (Lipinski definition) is 4. The molecular weight excluding hydrogens is 166 g/mol. The number of pyridine rings is 1. The largest absolute Gasteiger partial charge is 0.479 e. The average molecular weight is 179 g/mol. The SMILES string of the molecule is COc1ncc(C)c2c1NCN2C. The molecular formula is C9H13N3O. The number of fused-ring (bicyclic) bond motifs is 1. The van der Waals surface area contributed by atoms with Crippen LogP contribution < -0.4 is 15.0 Å². The molecule has 1 aromatic rings. The minimum absolute atomic E-state index is 0.671. The van der Waals surface area contributed by atoms with Crippen molar-refractivity contribution in [2.24, 2.45) is 0 Å². The smallest absolute Gasteiger partial charge is 0.239 e. The number of aryl methyl sites for hydroxylation is 1. The zero-order valence-corrected chi connectivity index (χ0v) is 8.09. The van der Waals surface area contributed by atoms with E-state index in [0.29, 0.717) is 5.88 Å². The molecule has 0 fully saturated rings. The number of rotatable bonds is 1. The Morgan fingerprint density at radius 3 is 3.08 bits per heavy atom. The van der Waals surface area contributed by atoms with E-state index in [1.54, 1.807) is 7.11 Å². The van der Waals surface area contributed by atoms with Crippen LogP contribution in [-0.2, 0) is 0 Å². The van der Waals surface area contributed by atoms with E-state index in [0.717, 1.165) is 12.4 Å². The highest BCUT2D eigenvalue weighted by Crippen LogP contribution is 2.38. The Bertz CT molecular complexity index is 338. The number of aromatic nitrogens is 1. The van der Waals surface area contributed by atoms with Crippen molar-refractivity contribution in [3.63, 3.8) is 0 Å². The summed E-state index contributed by atoms with van der Waals surface area (Å²) in [6.45, 7) is 2.87. The minimum atomic E-state index is 0.671. The first-order valence-corrected chi connectivity index (χ1v) is 4.22. The molecule has 1 aromatic heterocycles. The Hall–Kier alpha value is -1.45. The fourth-order valence-corrected chi connectivity index (χ4v) is 1.66.